The maximum Gasteiger partial charge on any atom is 0.251 e. The zero-order valence-corrected chi connectivity index (χ0v) is 20.6. The second-order valence-corrected chi connectivity index (χ2v) is 12.0. The molecule has 0 spiro atoms. The first-order chi connectivity index (χ1) is 16.0. The van der Waals surface area contributed by atoms with Crippen LogP contribution in [0.25, 0.3) is 0 Å². The van der Waals surface area contributed by atoms with Crippen molar-refractivity contribution >= 4 is 21.8 Å². The summed E-state index contributed by atoms with van der Waals surface area (Å²) < 4.78 is 27.4. The van der Waals surface area contributed by atoms with E-state index in [1.807, 2.05) is 12.1 Å². The number of sulfonamides is 1. The third-order valence-electron chi connectivity index (χ3n) is 6.68. The smallest absolute Gasteiger partial charge is 0.251 e. The van der Waals surface area contributed by atoms with Gasteiger partial charge in [0.25, 0.3) is 5.91 Å². The van der Waals surface area contributed by atoms with Crippen molar-refractivity contribution in [1.29, 1.82) is 0 Å². The van der Waals surface area contributed by atoms with Crippen LogP contribution in [0.5, 0.6) is 0 Å². The summed E-state index contributed by atoms with van der Waals surface area (Å²) in [5.41, 5.74) is 2.70. The molecule has 34 heavy (non-hydrogen) atoms. The van der Waals surface area contributed by atoms with Gasteiger partial charge < -0.3 is 10.6 Å². The Hall–Kier alpha value is -2.97. The number of nitrogens with one attached hydrogen (secondary N) is 2. The van der Waals surface area contributed by atoms with Crippen molar-refractivity contribution in [3.05, 3.63) is 77.9 Å². The molecule has 2 atom stereocenters. The highest BCUT2D eigenvalue weighted by atomic mass is 32.2. The first-order valence-corrected chi connectivity index (χ1v) is 12.9. The van der Waals surface area contributed by atoms with Gasteiger partial charge in [0, 0.05) is 31.2 Å². The molecule has 1 saturated carbocycles. The van der Waals surface area contributed by atoms with Gasteiger partial charge in [-0.2, -0.15) is 4.31 Å². The van der Waals surface area contributed by atoms with Crippen LogP contribution >= 0.6 is 0 Å². The summed E-state index contributed by atoms with van der Waals surface area (Å²) in [6.45, 7) is 11.1. The van der Waals surface area contributed by atoms with E-state index in [1.165, 1.54) is 40.2 Å². The second kappa shape index (κ2) is 9.00. The third-order valence-corrected chi connectivity index (χ3v) is 8.53. The van der Waals surface area contributed by atoms with Gasteiger partial charge in [0.1, 0.15) is 0 Å². The number of hydrogen-bond acceptors (Lipinski definition) is 4. The molecule has 2 amide bonds. The minimum Gasteiger partial charge on any atom is -0.349 e. The van der Waals surface area contributed by atoms with Gasteiger partial charge >= 0.3 is 0 Å². The van der Waals surface area contributed by atoms with Crippen LogP contribution < -0.4 is 10.6 Å². The van der Waals surface area contributed by atoms with Crippen LogP contribution in [0.15, 0.2) is 66.1 Å². The Morgan fingerprint density at radius 1 is 1.03 bits per heavy atom. The van der Waals surface area contributed by atoms with E-state index in [2.05, 4.69) is 50.1 Å². The molecule has 1 aliphatic heterocycles. The van der Waals surface area contributed by atoms with Crippen LogP contribution in [0, 0.1) is 11.8 Å². The van der Waals surface area contributed by atoms with Crippen LogP contribution in [0.4, 0.5) is 0 Å². The topological polar surface area (TPSA) is 95.6 Å². The summed E-state index contributed by atoms with van der Waals surface area (Å²) in [6, 6.07) is 14.2. The quantitative estimate of drug-likeness (QED) is 0.595. The Kier molecular flexibility index (Phi) is 6.40. The summed E-state index contributed by atoms with van der Waals surface area (Å²) in [5, 5.41) is 5.73. The molecule has 0 aromatic heterocycles. The molecular weight excluding hydrogens is 450 g/mol. The Bertz CT molecular complexity index is 1190. The van der Waals surface area contributed by atoms with Crippen molar-refractivity contribution in [3.63, 3.8) is 0 Å². The van der Waals surface area contributed by atoms with E-state index in [1.54, 1.807) is 0 Å². The van der Waals surface area contributed by atoms with Crippen LogP contribution in [0.2, 0.25) is 0 Å². The molecular formula is C26H31N3O4S. The predicted molar refractivity (Wildman–Crippen MR) is 131 cm³/mol. The summed E-state index contributed by atoms with van der Waals surface area (Å²) in [7, 11) is -3.64. The molecule has 2 aromatic carbocycles. The van der Waals surface area contributed by atoms with Crippen molar-refractivity contribution in [3.8, 4) is 0 Å². The Morgan fingerprint density at radius 3 is 2.15 bits per heavy atom. The lowest BCUT2D eigenvalue weighted by Crippen LogP contribution is -2.37. The Balaban J connectivity index is 1.32. The molecule has 8 heteroatoms. The lowest BCUT2D eigenvalue weighted by Gasteiger charge is -2.20. The predicted octanol–water partition coefficient (Wildman–Crippen LogP) is 2.84. The van der Waals surface area contributed by atoms with E-state index < -0.39 is 10.0 Å². The van der Waals surface area contributed by atoms with Gasteiger partial charge in [0.05, 0.1) is 4.90 Å². The van der Waals surface area contributed by atoms with Gasteiger partial charge in [-0.1, -0.05) is 51.6 Å². The number of piperidine rings is 1. The minimum atomic E-state index is -3.64. The fraction of sp³-hybridized carbons (Fsp3) is 0.385. The fourth-order valence-electron chi connectivity index (χ4n) is 4.46. The highest BCUT2D eigenvalue weighted by Crippen LogP contribution is 2.47. The van der Waals surface area contributed by atoms with Gasteiger partial charge in [-0.15, -0.1) is 0 Å². The van der Waals surface area contributed by atoms with E-state index in [9.17, 15) is 18.0 Å². The molecule has 1 heterocycles. The molecule has 2 aliphatic rings. The molecule has 0 bridgehead atoms. The molecule has 1 saturated heterocycles. The third kappa shape index (κ3) is 4.93. The lowest BCUT2D eigenvalue weighted by molar-refractivity contribution is -0.116. The van der Waals surface area contributed by atoms with Crippen molar-refractivity contribution < 1.29 is 18.0 Å². The van der Waals surface area contributed by atoms with Crippen molar-refractivity contribution in [2.24, 2.45) is 11.8 Å². The van der Waals surface area contributed by atoms with Gasteiger partial charge in [0.15, 0.2) is 0 Å². The first kappa shape index (κ1) is 24.2. The number of hydrogen-bond donors (Lipinski definition) is 2. The number of rotatable bonds is 7. The molecule has 4 rings (SSSR count). The van der Waals surface area contributed by atoms with Crippen LogP contribution in [0.3, 0.4) is 0 Å². The summed E-state index contributed by atoms with van der Waals surface area (Å²) in [5.74, 6) is -0.209. The number of nitrogens with zero attached hydrogens (tertiary/aromatic N) is 1. The summed E-state index contributed by atoms with van der Waals surface area (Å²) in [6.07, 6.45) is 1.23. The summed E-state index contributed by atoms with van der Waals surface area (Å²) >= 11 is 0. The maximum atomic E-state index is 13.0. The maximum absolute atomic E-state index is 13.0. The van der Waals surface area contributed by atoms with E-state index in [4.69, 9.17) is 0 Å². The van der Waals surface area contributed by atoms with Gasteiger partial charge in [-0.25, -0.2) is 8.42 Å². The van der Waals surface area contributed by atoms with E-state index >= 15 is 0 Å². The van der Waals surface area contributed by atoms with Gasteiger partial charge in [-0.3, -0.25) is 9.59 Å². The summed E-state index contributed by atoms with van der Waals surface area (Å²) in [4.78, 5) is 24.2. The SMILES string of the molecule is C=CC(=O)NC1C2CN(S(=O)(=O)c3ccc(C(=O)NCc4ccc(C(C)(C)C)cc4)cc3)CC21. The van der Waals surface area contributed by atoms with Crippen molar-refractivity contribution in [1.82, 2.24) is 14.9 Å². The molecule has 1 aliphatic carbocycles. The standard InChI is InChI=1S/C26H31N3O4S/c1-5-23(30)28-24-21-15-29(16-22(21)24)34(32,33)20-12-8-18(9-13-20)25(31)27-14-17-6-10-19(11-7-17)26(2,3)4/h5-13,21-22,24H,1,14-16H2,2-4H3,(H,27,31)(H,28,30). The lowest BCUT2D eigenvalue weighted by atomic mass is 9.87. The highest BCUT2D eigenvalue weighted by Gasteiger charge is 2.58. The van der Waals surface area contributed by atoms with Crippen LogP contribution in [0.1, 0.15) is 42.3 Å². The van der Waals surface area contributed by atoms with Crippen molar-refractivity contribution in [2.75, 3.05) is 13.1 Å². The van der Waals surface area contributed by atoms with Crippen LogP contribution in [-0.2, 0) is 26.8 Å². The fourth-order valence-corrected chi connectivity index (χ4v) is 5.97. The molecule has 7 nitrogen and oxygen atoms in total. The largest absolute Gasteiger partial charge is 0.349 e. The number of carbonyl (C=O) groups excluding carboxylic acids is 2. The molecule has 2 unspecified atom stereocenters. The van der Waals surface area contributed by atoms with Gasteiger partial charge in [0.2, 0.25) is 15.9 Å². The number of amides is 2. The molecule has 0 radical (unpaired) electrons. The highest BCUT2D eigenvalue weighted by molar-refractivity contribution is 7.89. The molecule has 2 N–H and O–H groups in total. The van der Waals surface area contributed by atoms with Crippen LogP contribution in [-0.4, -0.2) is 43.7 Å². The van der Waals surface area contributed by atoms with E-state index in [-0.39, 0.29) is 40.0 Å². The zero-order valence-electron chi connectivity index (χ0n) is 19.7. The number of fused-ring (bicyclic) bond motifs is 1. The van der Waals surface area contributed by atoms with Crippen molar-refractivity contribution in [2.45, 2.75) is 43.7 Å². The Labute approximate surface area is 201 Å². The van der Waals surface area contributed by atoms with E-state index in [0.29, 0.717) is 25.2 Å². The van der Waals surface area contributed by atoms with Gasteiger partial charge in [-0.05, 0) is 58.7 Å². The molecule has 2 fully saturated rings. The number of carbonyl (C=O) groups is 2. The average molecular weight is 482 g/mol. The Morgan fingerprint density at radius 2 is 1.62 bits per heavy atom. The first-order valence-electron chi connectivity index (χ1n) is 11.4. The average Bonchev–Trinajstić information content (AvgIpc) is 3.23. The monoisotopic (exact) mass is 481 g/mol. The number of benzene rings is 2. The molecule has 180 valence electrons. The normalized spacial score (nSPS) is 22.0. The second-order valence-electron chi connectivity index (χ2n) is 10.0. The van der Waals surface area contributed by atoms with E-state index in [0.717, 1.165) is 5.56 Å². The minimum absolute atomic E-state index is 0.0210. The molecule has 2 aromatic rings. The zero-order chi connectivity index (χ0) is 24.7.